The highest BCUT2D eigenvalue weighted by Crippen LogP contribution is 2.40. The maximum Gasteiger partial charge on any atom is 0.492 e. The molecule has 0 saturated heterocycles. The van der Waals surface area contributed by atoms with Crippen molar-refractivity contribution in [2.45, 2.75) is 9.30 Å². The number of carbonyl (C=O) groups excluding carboxylic acids is 1. The lowest BCUT2D eigenvalue weighted by atomic mass is 10.7. The van der Waals surface area contributed by atoms with Crippen LogP contribution in [0.15, 0.2) is 0 Å². The Hall–Kier alpha value is 0.480. The summed E-state index contributed by atoms with van der Waals surface area (Å²) in [5.74, 6) is -2.42. The summed E-state index contributed by atoms with van der Waals surface area (Å²) in [5.41, 5.74) is 0. The monoisotopic (exact) mass is 262 g/mol. The zero-order chi connectivity index (χ0) is 9.99. The second kappa shape index (κ2) is 4.13. The van der Waals surface area contributed by atoms with Gasteiger partial charge in [0.25, 0.3) is 3.12 Å². The molecule has 0 radical (unpaired) electrons. The van der Waals surface area contributed by atoms with Crippen LogP contribution in [0, 0.1) is 0 Å². The third kappa shape index (κ3) is 6.05. The first-order valence-electron chi connectivity index (χ1n) is 2.16. The van der Waals surface area contributed by atoms with Crippen molar-refractivity contribution in [2.75, 3.05) is 0 Å². The standard InChI is InChI=1S/C3Cl3F3O2S/c4-3(5,6)12-11-1(10)2(7,8)9. The van der Waals surface area contributed by atoms with E-state index in [1.54, 1.807) is 0 Å². The number of carbonyl (C=O) groups is 1. The molecule has 0 aromatic rings. The highest BCUT2D eigenvalue weighted by molar-refractivity contribution is 8.00. The summed E-state index contributed by atoms with van der Waals surface area (Å²) in [6.45, 7) is 0. The van der Waals surface area contributed by atoms with Crippen LogP contribution in [-0.4, -0.2) is 15.3 Å². The summed E-state index contributed by atoms with van der Waals surface area (Å²) in [6, 6.07) is 0. The van der Waals surface area contributed by atoms with Crippen molar-refractivity contribution in [1.82, 2.24) is 0 Å². The molecule has 0 bridgehead atoms. The van der Waals surface area contributed by atoms with Crippen molar-refractivity contribution in [3.63, 3.8) is 0 Å². The summed E-state index contributed by atoms with van der Waals surface area (Å²) in [5, 5.41) is 0. The number of alkyl halides is 6. The van der Waals surface area contributed by atoms with Crippen molar-refractivity contribution in [1.29, 1.82) is 0 Å². The second-order valence-electron chi connectivity index (χ2n) is 1.40. The minimum absolute atomic E-state index is 0.205. The van der Waals surface area contributed by atoms with Crippen LogP contribution >= 0.6 is 46.8 Å². The van der Waals surface area contributed by atoms with Gasteiger partial charge in [0.2, 0.25) is 0 Å². The van der Waals surface area contributed by atoms with Gasteiger partial charge in [-0.25, -0.2) is 4.79 Å². The molecule has 0 atom stereocenters. The van der Waals surface area contributed by atoms with Crippen molar-refractivity contribution < 1.29 is 22.1 Å². The van der Waals surface area contributed by atoms with Gasteiger partial charge in [0.1, 0.15) is 12.0 Å². The molecule has 12 heavy (non-hydrogen) atoms. The zero-order valence-electron chi connectivity index (χ0n) is 4.99. The van der Waals surface area contributed by atoms with Crippen molar-refractivity contribution >= 4 is 52.8 Å². The lowest BCUT2D eigenvalue weighted by Crippen LogP contribution is -2.24. The van der Waals surface area contributed by atoms with Crippen LogP contribution in [0.1, 0.15) is 0 Å². The summed E-state index contributed by atoms with van der Waals surface area (Å²) in [4.78, 5) is 9.97. The van der Waals surface area contributed by atoms with Gasteiger partial charge in [-0.3, -0.25) is 0 Å². The molecule has 0 spiro atoms. The molecule has 0 saturated carbocycles. The molecule has 0 N–H and O–H groups in total. The summed E-state index contributed by atoms with van der Waals surface area (Å²) >= 11 is 14.7. The lowest BCUT2D eigenvalue weighted by Gasteiger charge is -2.09. The minimum Gasteiger partial charge on any atom is -0.380 e. The Morgan fingerprint density at radius 2 is 1.67 bits per heavy atom. The molecule has 0 aliphatic heterocycles. The van der Waals surface area contributed by atoms with Gasteiger partial charge in [0, 0.05) is 0 Å². The minimum atomic E-state index is -5.08. The van der Waals surface area contributed by atoms with E-state index in [9.17, 15) is 18.0 Å². The van der Waals surface area contributed by atoms with Crippen LogP contribution in [0.2, 0.25) is 0 Å². The predicted molar refractivity (Wildman–Crippen MR) is 40.0 cm³/mol. The molecule has 9 heteroatoms. The fourth-order valence-electron chi connectivity index (χ4n) is 0.132. The molecule has 0 amide bonds. The molecule has 2 nitrogen and oxygen atoms in total. The normalized spacial score (nSPS) is 12.8. The van der Waals surface area contributed by atoms with Crippen LogP contribution in [0.5, 0.6) is 0 Å². The van der Waals surface area contributed by atoms with E-state index >= 15 is 0 Å². The van der Waals surface area contributed by atoms with Gasteiger partial charge in [0.15, 0.2) is 0 Å². The summed E-state index contributed by atoms with van der Waals surface area (Å²) < 4.78 is 35.6. The molecule has 0 heterocycles. The second-order valence-corrected chi connectivity index (χ2v) is 5.30. The van der Waals surface area contributed by atoms with Crippen LogP contribution in [0.3, 0.4) is 0 Å². The Kier molecular flexibility index (Phi) is 4.29. The van der Waals surface area contributed by atoms with E-state index in [0.717, 1.165) is 0 Å². The van der Waals surface area contributed by atoms with E-state index in [1.807, 2.05) is 0 Å². The van der Waals surface area contributed by atoms with E-state index < -0.39 is 15.3 Å². The topological polar surface area (TPSA) is 26.3 Å². The van der Waals surface area contributed by atoms with E-state index in [4.69, 9.17) is 34.8 Å². The highest BCUT2D eigenvalue weighted by atomic mass is 35.6. The molecule has 0 fully saturated rings. The molecule has 0 aromatic carbocycles. The molecule has 0 rings (SSSR count). The van der Waals surface area contributed by atoms with Gasteiger partial charge in [0.05, 0.1) is 0 Å². The zero-order valence-corrected chi connectivity index (χ0v) is 8.08. The third-order valence-corrected chi connectivity index (χ3v) is 1.43. The summed E-state index contributed by atoms with van der Waals surface area (Å²) in [7, 11) is 0. The third-order valence-electron chi connectivity index (χ3n) is 0.443. The maximum absolute atomic E-state index is 11.4. The predicted octanol–water partition coefficient (Wildman–Crippen LogP) is 3.07. The quantitative estimate of drug-likeness (QED) is 0.537. The molecule has 0 aromatic heterocycles. The van der Waals surface area contributed by atoms with Crippen LogP contribution in [0.4, 0.5) is 13.2 Å². The van der Waals surface area contributed by atoms with Crippen molar-refractivity contribution in [3.05, 3.63) is 0 Å². The van der Waals surface area contributed by atoms with Gasteiger partial charge < -0.3 is 4.18 Å². The molecular weight excluding hydrogens is 263 g/mol. The first-order valence-corrected chi connectivity index (χ1v) is 4.04. The van der Waals surface area contributed by atoms with E-state index in [1.165, 1.54) is 0 Å². The van der Waals surface area contributed by atoms with E-state index in [2.05, 4.69) is 4.18 Å². The highest BCUT2D eigenvalue weighted by Gasteiger charge is 2.43. The van der Waals surface area contributed by atoms with Gasteiger partial charge in [-0.05, 0) is 0 Å². The van der Waals surface area contributed by atoms with Crippen LogP contribution < -0.4 is 0 Å². The Bertz CT molecular complexity index is 177. The van der Waals surface area contributed by atoms with Crippen molar-refractivity contribution in [3.8, 4) is 0 Å². The Balaban J connectivity index is 3.90. The van der Waals surface area contributed by atoms with Crippen LogP contribution in [-0.2, 0) is 8.98 Å². The number of hydrogen-bond acceptors (Lipinski definition) is 3. The average Bonchev–Trinajstić information content (AvgIpc) is 1.78. The molecule has 72 valence electrons. The number of rotatable bonds is 1. The number of hydrogen-bond donors (Lipinski definition) is 0. The van der Waals surface area contributed by atoms with Gasteiger partial charge in [-0.15, -0.1) is 0 Å². The fourth-order valence-corrected chi connectivity index (χ4v) is 0.680. The molecular formula is C3Cl3F3O2S. The van der Waals surface area contributed by atoms with E-state index in [0.29, 0.717) is 0 Å². The Morgan fingerprint density at radius 3 is 1.92 bits per heavy atom. The maximum atomic E-state index is 11.4. The van der Waals surface area contributed by atoms with Crippen molar-refractivity contribution in [2.24, 2.45) is 0 Å². The Morgan fingerprint density at radius 1 is 1.25 bits per heavy atom. The van der Waals surface area contributed by atoms with Gasteiger partial charge >= 0.3 is 12.1 Å². The molecule has 0 aliphatic carbocycles. The van der Waals surface area contributed by atoms with Gasteiger partial charge in [-0.2, -0.15) is 13.2 Å². The first-order chi connectivity index (χ1) is 5.13. The van der Waals surface area contributed by atoms with E-state index in [-0.39, 0.29) is 12.0 Å². The largest absolute Gasteiger partial charge is 0.492 e. The SMILES string of the molecule is O=C(OSC(Cl)(Cl)Cl)C(F)(F)F. The molecule has 0 aliphatic rings. The first kappa shape index (κ1) is 12.5. The average molecular weight is 263 g/mol. The Labute approximate surface area is 84.5 Å². The lowest BCUT2D eigenvalue weighted by molar-refractivity contribution is -0.188. The summed E-state index contributed by atoms with van der Waals surface area (Å²) in [6.07, 6.45) is -5.08. The fraction of sp³-hybridized carbons (Fsp3) is 0.667. The molecule has 0 unspecified atom stereocenters. The number of halogens is 6. The van der Waals surface area contributed by atoms with Crippen LogP contribution in [0.25, 0.3) is 0 Å². The van der Waals surface area contributed by atoms with Gasteiger partial charge in [-0.1, -0.05) is 34.8 Å². The smallest absolute Gasteiger partial charge is 0.380 e.